The van der Waals surface area contributed by atoms with Crippen molar-refractivity contribution in [3.05, 3.63) is 35.5 Å². The molecule has 2 heterocycles. The average Bonchev–Trinajstić information content (AvgIpc) is 2.95. The van der Waals surface area contributed by atoms with E-state index in [0.717, 1.165) is 17.6 Å². The number of H-pyrrole nitrogens is 1. The topological polar surface area (TPSA) is 82.4 Å². The molecule has 0 bridgehead atoms. The first-order valence-electron chi connectivity index (χ1n) is 8.31. The number of amides is 2. The van der Waals surface area contributed by atoms with Gasteiger partial charge in [0, 0.05) is 36.2 Å². The Morgan fingerprint density at radius 2 is 2.21 bits per heavy atom. The van der Waals surface area contributed by atoms with Crippen molar-refractivity contribution < 1.29 is 9.59 Å². The minimum atomic E-state index is -0.506. The van der Waals surface area contributed by atoms with Crippen LogP contribution < -0.4 is 5.73 Å². The van der Waals surface area contributed by atoms with E-state index >= 15 is 0 Å². The Bertz CT molecular complexity index is 753. The number of hydrogen-bond acceptors (Lipinski definition) is 3. The molecule has 0 saturated heterocycles. The second kappa shape index (κ2) is 6.65. The highest BCUT2D eigenvalue weighted by molar-refractivity contribution is 5.87. The molecule has 1 aliphatic rings. The van der Waals surface area contributed by atoms with Crippen molar-refractivity contribution in [2.24, 2.45) is 5.73 Å². The molecule has 0 spiro atoms. The second-order valence-electron chi connectivity index (χ2n) is 6.64. The number of hydrogen-bond donors (Lipinski definition) is 2. The summed E-state index contributed by atoms with van der Waals surface area (Å²) < 4.78 is 0. The highest BCUT2D eigenvalue weighted by Crippen LogP contribution is 2.28. The van der Waals surface area contributed by atoms with Crippen LogP contribution in [0.25, 0.3) is 10.9 Å². The van der Waals surface area contributed by atoms with Gasteiger partial charge in [-0.05, 0) is 31.4 Å². The molecule has 3 N–H and O–H groups in total. The Morgan fingerprint density at radius 3 is 2.92 bits per heavy atom. The standard InChI is InChI=1S/C18H24N4O2/c1-12(19)9-17(21(2)11-23)18(24)22-8-7-14-13-5-3-4-6-15(13)20-16(14)10-22/h3-6,11-12,17,20H,7-10,19H2,1-2H3. The van der Waals surface area contributed by atoms with Gasteiger partial charge in [-0.3, -0.25) is 9.59 Å². The van der Waals surface area contributed by atoms with Crippen LogP contribution in [0.1, 0.15) is 24.6 Å². The molecule has 6 nitrogen and oxygen atoms in total. The van der Waals surface area contributed by atoms with Crippen molar-refractivity contribution >= 4 is 23.2 Å². The molecule has 3 rings (SSSR count). The third kappa shape index (κ3) is 3.01. The summed E-state index contributed by atoms with van der Waals surface area (Å²) >= 11 is 0. The fraction of sp³-hybridized carbons (Fsp3) is 0.444. The maximum Gasteiger partial charge on any atom is 0.245 e. The lowest BCUT2D eigenvalue weighted by molar-refractivity contribution is -0.141. The number of nitrogens with zero attached hydrogens (tertiary/aromatic N) is 2. The number of nitrogens with one attached hydrogen (secondary N) is 1. The van der Waals surface area contributed by atoms with E-state index in [9.17, 15) is 9.59 Å². The van der Waals surface area contributed by atoms with Gasteiger partial charge in [0.2, 0.25) is 12.3 Å². The third-order valence-corrected chi connectivity index (χ3v) is 4.73. The molecule has 1 aromatic carbocycles. The molecule has 0 aliphatic carbocycles. The highest BCUT2D eigenvalue weighted by Gasteiger charge is 2.31. The maximum absolute atomic E-state index is 12.9. The van der Waals surface area contributed by atoms with Crippen LogP contribution in [0.4, 0.5) is 0 Å². The molecule has 0 saturated carbocycles. The van der Waals surface area contributed by atoms with E-state index in [-0.39, 0.29) is 11.9 Å². The minimum absolute atomic E-state index is 0.0359. The zero-order chi connectivity index (χ0) is 17.3. The normalized spacial score (nSPS) is 16.5. The van der Waals surface area contributed by atoms with Gasteiger partial charge in [0.15, 0.2) is 0 Å². The average molecular weight is 328 g/mol. The van der Waals surface area contributed by atoms with Crippen LogP contribution in [0, 0.1) is 0 Å². The number of likely N-dealkylation sites (N-methyl/N-ethyl adjacent to an activating group) is 1. The van der Waals surface area contributed by atoms with Crippen molar-refractivity contribution in [2.75, 3.05) is 13.6 Å². The zero-order valence-corrected chi connectivity index (χ0v) is 14.2. The number of aromatic amines is 1. The molecule has 1 aliphatic heterocycles. The fourth-order valence-corrected chi connectivity index (χ4v) is 3.46. The molecule has 6 heteroatoms. The quantitative estimate of drug-likeness (QED) is 0.810. The number of benzene rings is 1. The largest absolute Gasteiger partial charge is 0.357 e. The summed E-state index contributed by atoms with van der Waals surface area (Å²) in [6.45, 7) is 3.06. The molecular weight excluding hydrogens is 304 g/mol. The first-order chi connectivity index (χ1) is 11.5. The van der Waals surface area contributed by atoms with Crippen molar-refractivity contribution in [1.82, 2.24) is 14.8 Å². The van der Waals surface area contributed by atoms with Crippen molar-refractivity contribution in [3.8, 4) is 0 Å². The van der Waals surface area contributed by atoms with E-state index in [4.69, 9.17) is 5.73 Å². The van der Waals surface area contributed by atoms with Crippen LogP contribution in [-0.4, -0.2) is 52.8 Å². The molecule has 128 valence electrons. The van der Waals surface area contributed by atoms with E-state index in [1.54, 1.807) is 7.05 Å². The molecule has 2 aromatic rings. The Balaban J connectivity index is 1.83. The van der Waals surface area contributed by atoms with Gasteiger partial charge in [0.25, 0.3) is 0 Å². The van der Waals surface area contributed by atoms with E-state index in [2.05, 4.69) is 17.1 Å². The van der Waals surface area contributed by atoms with E-state index < -0.39 is 6.04 Å². The fourth-order valence-electron chi connectivity index (χ4n) is 3.46. The van der Waals surface area contributed by atoms with Crippen LogP contribution in [0.15, 0.2) is 24.3 Å². The molecule has 2 amide bonds. The summed E-state index contributed by atoms with van der Waals surface area (Å²) in [5, 5.41) is 1.23. The Hall–Kier alpha value is -2.34. The van der Waals surface area contributed by atoms with Gasteiger partial charge >= 0.3 is 0 Å². The van der Waals surface area contributed by atoms with Crippen molar-refractivity contribution in [1.29, 1.82) is 0 Å². The highest BCUT2D eigenvalue weighted by atomic mass is 16.2. The predicted molar refractivity (Wildman–Crippen MR) is 93.3 cm³/mol. The molecule has 1 aromatic heterocycles. The molecule has 0 fully saturated rings. The summed E-state index contributed by atoms with van der Waals surface area (Å²) in [6.07, 6.45) is 1.98. The number of rotatable bonds is 5. The third-order valence-electron chi connectivity index (χ3n) is 4.73. The van der Waals surface area contributed by atoms with Crippen LogP contribution in [0.2, 0.25) is 0 Å². The number of carbonyl (C=O) groups is 2. The number of fused-ring (bicyclic) bond motifs is 3. The molecule has 2 unspecified atom stereocenters. The van der Waals surface area contributed by atoms with Gasteiger partial charge < -0.3 is 20.5 Å². The van der Waals surface area contributed by atoms with Gasteiger partial charge in [0.1, 0.15) is 6.04 Å². The Morgan fingerprint density at radius 1 is 1.46 bits per heavy atom. The first kappa shape index (κ1) is 16.5. The van der Waals surface area contributed by atoms with E-state index in [1.807, 2.05) is 24.0 Å². The summed E-state index contributed by atoms with van der Waals surface area (Å²) in [4.78, 5) is 30.7. The molecule has 24 heavy (non-hydrogen) atoms. The number of carbonyl (C=O) groups excluding carboxylic acids is 2. The van der Waals surface area contributed by atoms with Gasteiger partial charge in [-0.2, -0.15) is 0 Å². The number of aromatic nitrogens is 1. The van der Waals surface area contributed by atoms with Crippen molar-refractivity contribution in [2.45, 2.75) is 38.4 Å². The predicted octanol–water partition coefficient (Wildman–Crippen LogP) is 1.25. The summed E-state index contributed by atoms with van der Waals surface area (Å²) in [6, 6.07) is 7.56. The van der Waals surface area contributed by atoms with Gasteiger partial charge in [-0.15, -0.1) is 0 Å². The Kier molecular flexibility index (Phi) is 4.57. The molecular formula is C18H24N4O2. The van der Waals surface area contributed by atoms with Crippen LogP contribution in [0.5, 0.6) is 0 Å². The Labute approximate surface area is 141 Å². The van der Waals surface area contributed by atoms with Crippen LogP contribution in [0.3, 0.4) is 0 Å². The summed E-state index contributed by atoms with van der Waals surface area (Å²) in [5.41, 5.74) is 9.35. The van der Waals surface area contributed by atoms with Crippen LogP contribution >= 0.6 is 0 Å². The first-order valence-corrected chi connectivity index (χ1v) is 8.31. The van der Waals surface area contributed by atoms with Crippen LogP contribution in [-0.2, 0) is 22.6 Å². The number of nitrogens with two attached hydrogens (primary N) is 1. The zero-order valence-electron chi connectivity index (χ0n) is 14.2. The summed E-state index contributed by atoms with van der Waals surface area (Å²) in [7, 11) is 1.64. The SMILES string of the molecule is CC(N)CC(C(=O)N1CCc2c([nH]c3ccccc23)C1)N(C)C=O. The van der Waals surface area contributed by atoms with Gasteiger partial charge in [-0.1, -0.05) is 18.2 Å². The lowest BCUT2D eigenvalue weighted by Gasteiger charge is -2.33. The molecule has 2 atom stereocenters. The minimum Gasteiger partial charge on any atom is -0.357 e. The number of para-hydroxylation sites is 1. The van der Waals surface area contributed by atoms with Crippen molar-refractivity contribution in [3.63, 3.8) is 0 Å². The monoisotopic (exact) mass is 328 g/mol. The lowest BCUT2D eigenvalue weighted by atomic mass is 10.0. The van der Waals surface area contributed by atoms with Gasteiger partial charge in [0.05, 0.1) is 6.54 Å². The smallest absolute Gasteiger partial charge is 0.245 e. The van der Waals surface area contributed by atoms with E-state index in [1.165, 1.54) is 15.8 Å². The molecule has 0 radical (unpaired) electrons. The lowest BCUT2D eigenvalue weighted by Crippen LogP contribution is -2.50. The van der Waals surface area contributed by atoms with Gasteiger partial charge in [-0.25, -0.2) is 0 Å². The maximum atomic E-state index is 12.9. The summed E-state index contributed by atoms with van der Waals surface area (Å²) in [5.74, 6) is -0.0359. The second-order valence-corrected chi connectivity index (χ2v) is 6.64. The van der Waals surface area contributed by atoms with E-state index in [0.29, 0.717) is 25.9 Å².